The van der Waals surface area contributed by atoms with Crippen molar-refractivity contribution in [3.8, 4) is 0 Å². The minimum atomic E-state index is 0.707. The molecule has 0 aliphatic heterocycles. The Labute approximate surface area is 112 Å². The zero-order valence-electron chi connectivity index (χ0n) is 10.2. The molecule has 0 aromatic heterocycles. The van der Waals surface area contributed by atoms with Crippen LogP contribution in [0.25, 0.3) is 0 Å². The third-order valence-electron chi connectivity index (χ3n) is 2.18. The first-order valence-corrected chi connectivity index (χ1v) is 7.53. The number of rotatable bonds is 6. The molecule has 0 amide bonds. The van der Waals surface area contributed by atoms with E-state index in [1.807, 2.05) is 11.8 Å². The zero-order chi connectivity index (χ0) is 12.0. The van der Waals surface area contributed by atoms with E-state index in [1.165, 1.54) is 14.9 Å². The largest absolute Gasteiger partial charge is 0.312 e. The first kappa shape index (κ1) is 14.1. The van der Waals surface area contributed by atoms with Crippen LogP contribution in [0.5, 0.6) is 0 Å². The van der Waals surface area contributed by atoms with Crippen molar-refractivity contribution in [1.82, 2.24) is 5.32 Å². The minimum Gasteiger partial charge on any atom is -0.312 e. The number of benzene rings is 1. The fraction of sp³-hybridized carbons (Fsp3) is 0.538. The van der Waals surface area contributed by atoms with Crippen LogP contribution in [0.15, 0.2) is 27.6 Å². The van der Waals surface area contributed by atoms with Gasteiger partial charge < -0.3 is 5.32 Å². The highest BCUT2D eigenvalue weighted by atomic mass is 79.9. The van der Waals surface area contributed by atoms with Gasteiger partial charge in [0.05, 0.1) is 0 Å². The second-order valence-corrected chi connectivity index (χ2v) is 6.38. The monoisotopic (exact) mass is 301 g/mol. The van der Waals surface area contributed by atoms with Crippen LogP contribution in [0, 0.1) is 5.92 Å². The van der Waals surface area contributed by atoms with Crippen molar-refractivity contribution in [2.24, 2.45) is 5.92 Å². The van der Waals surface area contributed by atoms with Gasteiger partial charge in [-0.15, -0.1) is 11.8 Å². The van der Waals surface area contributed by atoms with Crippen LogP contribution in [0.3, 0.4) is 0 Å². The third-order valence-corrected chi connectivity index (χ3v) is 4.05. The molecular formula is C13H20BrNS. The SMILES string of the molecule is CCSc1ccc(CNCC(C)C)cc1Br. The average molecular weight is 302 g/mol. The Kier molecular flexibility index (Phi) is 6.47. The van der Waals surface area contributed by atoms with Crippen molar-refractivity contribution in [1.29, 1.82) is 0 Å². The summed E-state index contributed by atoms with van der Waals surface area (Å²) < 4.78 is 1.21. The van der Waals surface area contributed by atoms with E-state index in [2.05, 4.69) is 60.2 Å². The summed E-state index contributed by atoms with van der Waals surface area (Å²) in [6.45, 7) is 8.65. The van der Waals surface area contributed by atoms with E-state index in [9.17, 15) is 0 Å². The van der Waals surface area contributed by atoms with Gasteiger partial charge in [-0.2, -0.15) is 0 Å². The highest BCUT2D eigenvalue weighted by Gasteiger charge is 2.01. The summed E-state index contributed by atoms with van der Waals surface area (Å²) >= 11 is 5.49. The lowest BCUT2D eigenvalue weighted by molar-refractivity contribution is 0.552. The Bertz CT molecular complexity index is 326. The Balaban J connectivity index is 2.52. The van der Waals surface area contributed by atoms with Gasteiger partial charge in [0.15, 0.2) is 0 Å². The molecule has 0 aliphatic rings. The van der Waals surface area contributed by atoms with Crippen molar-refractivity contribution in [3.05, 3.63) is 28.2 Å². The third kappa shape index (κ3) is 4.89. The number of hydrogen-bond acceptors (Lipinski definition) is 2. The molecule has 0 spiro atoms. The molecule has 1 rings (SSSR count). The maximum atomic E-state index is 3.62. The lowest BCUT2D eigenvalue weighted by atomic mass is 10.2. The van der Waals surface area contributed by atoms with E-state index >= 15 is 0 Å². The van der Waals surface area contributed by atoms with Gasteiger partial charge in [0, 0.05) is 15.9 Å². The van der Waals surface area contributed by atoms with Crippen LogP contribution in [-0.4, -0.2) is 12.3 Å². The minimum absolute atomic E-state index is 0.707. The van der Waals surface area contributed by atoms with Crippen LogP contribution in [0.1, 0.15) is 26.3 Å². The van der Waals surface area contributed by atoms with Crippen molar-refractivity contribution in [2.45, 2.75) is 32.2 Å². The first-order chi connectivity index (χ1) is 7.63. The molecule has 0 saturated heterocycles. The summed E-state index contributed by atoms with van der Waals surface area (Å²) in [4.78, 5) is 1.33. The Morgan fingerprint density at radius 3 is 2.69 bits per heavy atom. The van der Waals surface area contributed by atoms with E-state index < -0.39 is 0 Å². The predicted octanol–water partition coefficient (Wildman–Crippen LogP) is 4.31. The molecule has 3 heteroatoms. The average Bonchev–Trinajstić information content (AvgIpc) is 2.21. The lowest BCUT2D eigenvalue weighted by Gasteiger charge is -2.09. The molecule has 1 N–H and O–H groups in total. The maximum Gasteiger partial charge on any atom is 0.0314 e. The van der Waals surface area contributed by atoms with Crippen molar-refractivity contribution in [2.75, 3.05) is 12.3 Å². The molecular weight excluding hydrogens is 282 g/mol. The molecule has 0 heterocycles. The molecule has 0 unspecified atom stereocenters. The second-order valence-electron chi connectivity index (χ2n) is 4.22. The van der Waals surface area contributed by atoms with E-state index in [1.54, 1.807) is 0 Å². The maximum absolute atomic E-state index is 3.62. The van der Waals surface area contributed by atoms with Crippen molar-refractivity contribution < 1.29 is 0 Å². The van der Waals surface area contributed by atoms with E-state index in [-0.39, 0.29) is 0 Å². The molecule has 90 valence electrons. The molecule has 0 bridgehead atoms. The molecule has 16 heavy (non-hydrogen) atoms. The highest BCUT2D eigenvalue weighted by molar-refractivity contribution is 9.10. The number of thioether (sulfide) groups is 1. The van der Waals surface area contributed by atoms with E-state index in [0.29, 0.717) is 5.92 Å². The summed E-state index contributed by atoms with van der Waals surface area (Å²) in [7, 11) is 0. The van der Waals surface area contributed by atoms with E-state index in [4.69, 9.17) is 0 Å². The van der Waals surface area contributed by atoms with Crippen LogP contribution in [-0.2, 0) is 6.54 Å². The summed E-state index contributed by atoms with van der Waals surface area (Å²) in [5, 5.41) is 3.45. The van der Waals surface area contributed by atoms with Crippen molar-refractivity contribution in [3.63, 3.8) is 0 Å². The topological polar surface area (TPSA) is 12.0 Å². The number of nitrogens with one attached hydrogen (secondary N) is 1. The molecule has 0 radical (unpaired) electrons. The van der Waals surface area contributed by atoms with E-state index in [0.717, 1.165) is 18.8 Å². The molecule has 0 fully saturated rings. The van der Waals surface area contributed by atoms with Gasteiger partial charge in [0.25, 0.3) is 0 Å². The molecule has 1 aromatic rings. The number of halogens is 1. The fourth-order valence-corrected chi connectivity index (χ4v) is 2.87. The summed E-state index contributed by atoms with van der Waals surface area (Å²) in [6.07, 6.45) is 0. The molecule has 0 saturated carbocycles. The van der Waals surface area contributed by atoms with Gasteiger partial charge in [0.2, 0.25) is 0 Å². The van der Waals surface area contributed by atoms with Crippen molar-refractivity contribution >= 4 is 27.7 Å². The number of hydrogen-bond donors (Lipinski definition) is 1. The summed E-state index contributed by atoms with van der Waals surface area (Å²) in [5.74, 6) is 1.82. The van der Waals surface area contributed by atoms with Gasteiger partial charge in [0.1, 0.15) is 0 Å². The molecule has 0 atom stereocenters. The Hall–Kier alpha value is 0.01000. The Morgan fingerprint density at radius 2 is 2.12 bits per heavy atom. The fourth-order valence-electron chi connectivity index (χ4n) is 1.43. The zero-order valence-corrected chi connectivity index (χ0v) is 12.6. The van der Waals surface area contributed by atoms with Crippen LogP contribution in [0.2, 0.25) is 0 Å². The molecule has 0 aliphatic carbocycles. The smallest absolute Gasteiger partial charge is 0.0314 e. The van der Waals surface area contributed by atoms with Gasteiger partial charge in [-0.25, -0.2) is 0 Å². The van der Waals surface area contributed by atoms with Gasteiger partial charge in [-0.1, -0.05) is 26.8 Å². The van der Waals surface area contributed by atoms with Gasteiger partial charge in [-0.3, -0.25) is 0 Å². The van der Waals surface area contributed by atoms with Crippen LogP contribution in [0.4, 0.5) is 0 Å². The lowest BCUT2D eigenvalue weighted by Crippen LogP contribution is -2.18. The predicted molar refractivity (Wildman–Crippen MR) is 77.1 cm³/mol. The van der Waals surface area contributed by atoms with Gasteiger partial charge in [-0.05, 0) is 51.8 Å². The molecule has 1 aromatic carbocycles. The second kappa shape index (κ2) is 7.36. The quantitative estimate of drug-likeness (QED) is 0.786. The highest BCUT2D eigenvalue weighted by Crippen LogP contribution is 2.28. The summed E-state index contributed by atoms with van der Waals surface area (Å²) in [6, 6.07) is 6.62. The standard InChI is InChI=1S/C13H20BrNS/c1-4-16-13-6-5-11(7-12(13)14)9-15-8-10(2)3/h5-7,10,15H,4,8-9H2,1-3H3. The van der Waals surface area contributed by atoms with Crippen LogP contribution >= 0.6 is 27.7 Å². The molecule has 1 nitrogen and oxygen atoms in total. The Morgan fingerprint density at radius 1 is 1.38 bits per heavy atom. The van der Waals surface area contributed by atoms with Crippen LogP contribution < -0.4 is 5.32 Å². The summed E-state index contributed by atoms with van der Waals surface area (Å²) in [5.41, 5.74) is 1.34. The van der Waals surface area contributed by atoms with Gasteiger partial charge >= 0.3 is 0 Å². The first-order valence-electron chi connectivity index (χ1n) is 5.75. The normalized spacial score (nSPS) is 11.1.